The lowest BCUT2D eigenvalue weighted by atomic mass is 9.80. The molecule has 2 N–H and O–H groups in total. The van der Waals surface area contributed by atoms with Crippen molar-refractivity contribution in [3.63, 3.8) is 0 Å². The predicted molar refractivity (Wildman–Crippen MR) is 112 cm³/mol. The molecule has 0 bridgehead atoms. The Morgan fingerprint density at radius 2 is 2.17 bits per heavy atom. The van der Waals surface area contributed by atoms with Crippen LogP contribution in [0.3, 0.4) is 0 Å². The van der Waals surface area contributed by atoms with E-state index in [-0.39, 0.29) is 12.5 Å². The molecule has 3 aromatic rings. The fraction of sp³-hybridized carbons (Fsp3) is 0.318. The summed E-state index contributed by atoms with van der Waals surface area (Å²) >= 11 is 1.60. The van der Waals surface area contributed by atoms with Gasteiger partial charge in [-0.25, -0.2) is 4.79 Å². The maximum atomic E-state index is 13.2. The summed E-state index contributed by atoms with van der Waals surface area (Å²) in [6, 6.07) is 10.5. The molecule has 1 spiro atoms. The highest BCUT2D eigenvalue weighted by atomic mass is 32.1. The lowest BCUT2D eigenvalue weighted by Gasteiger charge is -2.31. The van der Waals surface area contributed by atoms with Gasteiger partial charge in [0.2, 0.25) is 5.91 Å². The second-order valence-electron chi connectivity index (χ2n) is 7.81. The molecule has 8 heteroatoms. The average molecular weight is 423 g/mol. The minimum atomic E-state index is -1.03. The summed E-state index contributed by atoms with van der Waals surface area (Å²) in [5.41, 5.74) is 0.583. The van der Waals surface area contributed by atoms with Crippen molar-refractivity contribution in [2.75, 3.05) is 6.54 Å². The number of carbonyl (C=O) groups is 3. The number of urea groups is 1. The number of rotatable bonds is 4. The van der Waals surface area contributed by atoms with Crippen molar-refractivity contribution in [1.82, 2.24) is 15.5 Å². The summed E-state index contributed by atoms with van der Waals surface area (Å²) in [5, 5.41) is 8.59. The van der Waals surface area contributed by atoms with Crippen LogP contribution in [0.2, 0.25) is 0 Å². The zero-order chi connectivity index (χ0) is 20.9. The van der Waals surface area contributed by atoms with E-state index in [1.807, 2.05) is 48.7 Å². The third kappa shape index (κ3) is 2.90. The molecular formula is C22H21N3O4S. The van der Waals surface area contributed by atoms with E-state index in [0.717, 1.165) is 39.2 Å². The van der Waals surface area contributed by atoms with Gasteiger partial charge in [-0.2, -0.15) is 0 Å². The summed E-state index contributed by atoms with van der Waals surface area (Å²) in [7, 11) is 0. The molecule has 154 valence electrons. The van der Waals surface area contributed by atoms with Crippen molar-refractivity contribution in [3.8, 4) is 0 Å². The second-order valence-corrected chi connectivity index (χ2v) is 8.81. The molecule has 30 heavy (non-hydrogen) atoms. The Hall–Kier alpha value is -3.13. The number of furan rings is 1. The van der Waals surface area contributed by atoms with Gasteiger partial charge >= 0.3 is 6.03 Å². The first-order valence-electron chi connectivity index (χ1n) is 9.97. The van der Waals surface area contributed by atoms with Crippen LogP contribution in [-0.4, -0.2) is 29.3 Å². The quantitative estimate of drug-likeness (QED) is 0.629. The van der Waals surface area contributed by atoms with Crippen LogP contribution in [-0.2, 0) is 21.5 Å². The first-order valence-corrected chi connectivity index (χ1v) is 10.8. The van der Waals surface area contributed by atoms with Crippen molar-refractivity contribution in [3.05, 3.63) is 58.0 Å². The van der Waals surface area contributed by atoms with Crippen molar-refractivity contribution in [2.45, 2.75) is 37.8 Å². The van der Waals surface area contributed by atoms with Gasteiger partial charge in [0, 0.05) is 15.8 Å². The van der Waals surface area contributed by atoms with E-state index < -0.39 is 23.5 Å². The maximum Gasteiger partial charge on any atom is 0.325 e. The topological polar surface area (TPSA) is 91.7 Å². The minimum absolute atomic E-state index is 0.323. The molecule has 1 aliphatic heterocycles. The van der Waals surface area contributed by atoms with Crippen LogP contribution in [0.25, 0.3) is 11.0 Å². The molecule has 1 aliphatic carbocycles. The average Bonchev–Trinajstić information content (AvgIpc) is 3.43. The highest BCUT2D eigenvalue weighted by Gasteiger charge is 2.54. The molecule has 2 atom stereocenters. The van der Waals surface area contributed by atoms with Gasteiger partial charge in [0.05, 0.1) is 6.04 Å². The smallest absolute Gasteiger partial charge is 0.325 e. The molecule has 5 rings (SSSR count). The van der Waals surface area contributed by atoms with E-state index in [1.54, 1.807) is 11.3 Å². The van der Waals surface area contributed by atoms with Crippen molar-refractivity contribution in [1.29, 1.82) is 0 Å². The maximum absolute atomic E-state index is 13.2. The summed E-state index contributed by atoms with van der Waals surface area (Å²) in [5.74, 6) is -0.142. The molecule has 2 aliphatic rings. The fourth-order valence-corrected chi connectivity index (χ4v) is 5.40. The Morgan fingerprint density at radius 3 is 3.00 bits per heavy atom. The zero-order valence-corrected chi connectivity index (χ0v) is 17.3. The Bertz CT molecular complexity index is 1130. The van der Waals surface area contributed by atoms with Gasteiger partial charge in [-0.3, -0.25) is 14.5 Å². The predicted octanol–water partition coefficient (Wildman–Crippen LogP) is 3.46. The van der Waals surface area contributed by atoms with Gasteiger partial charge in [0.25, 0.3) is 5.91 Å². The second kappa shape index (κ2) is 6.98. The van der Waals surface area contributed by atoms with Gasteiger partial charge in [0.15, 0.2) is 0 Å². The molecule has 7 nitrogen and oxygen atoms in total. The molecule has 0 radical (unpaired) electrons. The normalized spacial score (nSPS) is 21.7. The van der Waals surface area contributed by atoms with Crippen LogP contribution < -0.4 is 10.6 Å². The van der Waals surface area contributed by atoms with Crippen molar-refractivity contribution >= 4 is 40.2 Å². The lowest BCUT2D eigenvalue weighted by molar-refractivity contribution is -0.135. The van der Waals surface area contributed by atoms with Gasteiger partial charge < -0.3 is 15.1 Å². The molecule has 1 aromatic carbocycles. The number of nitrogens with zero attached hydrogens (tertiary/aromatic N) is 1. The van der Waals surface area contributed by atoms with Crippen LogP contribution in [0.1, 0.15) is 42.0 Å². The van der Waals surface area contributed by atoms with Gasteiger partial charge in [-0.1, -0.05) is 18.2 Å². The van der Waals surface area contributed by atoms with E-state index in [1.165, 1.54) is 0 Å². The number of hydrogen-bond donors (Lipinski definition) is 2. The summed E-state index contributed by atoms with van der Waals surface area (Å²) in [4.78, 5) is 40.6. The van der Waals surface area contributed by atoms with E-state index in [4.69, 9.17) is 4.42 Å². The number of fused-ring (bicyclic) bond motifs is 3. The number of thiophene rings is 1. The van der Waals surface area contributed by atoms with Crippen LogP contribution in [0, 0.1) is 0 Å². The number of aryl methyl sites for hydroxylation is 1. The Kier molecular flexibility index (Phi) is 4.39. The van der Waals surface area contributed by atoms with E-state index in [9.17, 15) is 14.4 Å². The lowest BCUT2D eigenvalue weighted by Crippen LogP contribution is -2.47. The molecular weight excluding hydrogens is 402 g/mol. The minimum Gasteiger partial charge on any atom is -0.459 e. The molecule has 2 aromatic heterocycles. The fourth-order valence-electron chi connectivity index (χ4n) is 4.40. The van der Waals surface area contributed by atoms with E-state index in [0.29, 0.717) is 12.2 Å². The number of hydrogen-bond acceptors (Lipinski definition) is 5. The number of benzene rings is 1. The molecule has 4 amide bonds. The first kappa shape index (κ1) is 18.9. The number of carbonyl (C=O) groups excluding carboxylic acids is 3. The Morgan fingerprint density at radius 1 is 1.33 bits per heavy atom. The monoisotopic (exact) mass is 423 g/mol. The van der Waals surface area contributed by atoms with Crippen LogP contribution in [0.15, 0.2) is 46.2 Å². The number of nitrogens with one attached hydrogen (secondary N) is 2. The number of para-hydroxylation sites is 1. The third-order valence-electron chi connectivity index (χ3n) is 5.89. The number of imide groups is 1. The molecule has 1 saturated heterocycles. The standard InChI is InChI=1S/C22H21N3O4S/c1-13(17-11-14-5-2-3-6-16(14)29-17)23-19(26)12-25-20(27)22(24-21(25)28)9-4-7-18-15(22)8-10-30-18/h2-3,5-6,8,10-11,13H,4,7,9,12H2,1H3,(H,23,26)(H,24,28)/t13-,22-/m1/s1. The van der Waals surface area contributed by atoms with Crippen LogP contribution in [0.5, 0.6) is 0 Å². The zero-order valence-electron chi connectivity index (χ0n) is 16.4. The molecule has 3 heterocycles. The van der Waals surface area contributed by atoms with E-state index >= 15 is 0 Å². The Balaban J connectivity index is 1.30. The number of amides is 4. The van der Waals surface area contributed by atoms with Crippen molar-refractivity contribution in [2.24, 2.45) is 0 Å². The highest BCUT2D eigenvalue weighted by molar-refractivity contribution is 7.10. The summed E-state index contributed by atoms with van der Waals surface area (Å²) in [6.45, 7) is 1.48. The molecule has 0 saturated carbocycles. The summed E-state index contributed by atoms with van der Waals surface area (Å²) in [6.07, 6.45) is 2.28. The van der Waals surface area contributed by atoms with Gasteiger partial charge in [-0.15, -0.1) is 11.3 Å². The van der Waals surface area contributed by atoms with Crippen LogP contribution in [0.4, 0.5) is 4.79 Å². The Labute approximate surface area is 177 Å². The molecule has 1 fully saturated rings. The van der Waals surface area contributed by atoms with E-state index in [2.05, 4.69) is 10.6 Å². The SMILES string of the molecule is C[C@@H](NC(=O)CN1C(=O)N[C@@]2(CCCc3sccc32)C1=O)c1cc2ccccc2o1. The van der Waals surface area contributed by atoms with Crippen LogP contribution >= 0.6 is 11.3 Å². The third-order valence-corrected chi connectivity index (χ3v) is 6.87. The van der Waals surface area contributed by atoms with Crippen molar-refractivity contribution < 1.29 is 18.8 Å². The largest absolute Gasteiger partial charge is 0.459 e. The first-order chi connectivity index (χ1) is 14.5. The molecule has 0 unspecified atom stereocenters. The van der Waals surface area contributed by atoms with Gasteiger partial charge in [-0.05, 0) is 49.8 Å². The highest BCUT2D eigenvalue weighted by Crippen LogP contribution is 2.42. The van der Waals surface area contributed by atoms with Gasteiger partial charge in [0.1, 0.15) is 23.4 Å². The summed E-state index contributed by atoms with van der Waals surface area (Å²) < 4.78 is 5.79.